The molecule has 0 aromatic heterocycles. The fourth-order valence-corrected chi connectivity index (χ4v) is 6.43. The van der Waals surface area contributed by atoms with Crippen molar-refractivity contribution in [2.45, 2.75) is 23.6 Å². The summed E-state index contributed by atoms with van der Waals surface area (Å²) in [7, 11) is -7.94. The standard InChI is InChI=1S/C28H26ClN3O5S2/c1-20-8-9-21(2)27(18-20)31-38(34,35)25-16-12-23(13-17-25)30-28(33)19-32(24-14-10-22(29)11-15-24)39(36,37)26-6-4-3-5-7-26/h3-18,31H,19H2,1-2H3,(H,30,33). The van der Waals surface area contributed by atoms with Gasteiger partial charge in [0.1, 0.15) is 6.54 Å². The average Bonchev–Trinajstić information content (AvgIpc) is 2.90. The number of nitrogens with one attached hydrogen (secondary N) is 2. The van der Waals surface area contributed by atoms with E-state index in [-0.39, 0.29) is 15.5 Å². The van der Waals surface area contributed by atoms with Crippen LogP contribution in [0.15, 0.2) is 107 Å². The van der Waals surface area contributed by atoms with Gasteiger partial charge in [-0.3, -0.25) is 13.8 Å². The first kappa shape index (κ1) is 28.2. The van der Waals surface area contributed by atoms with Gasteiger partial charge in [-0.05, 0) is 91.7 Å². The monoisotopic (exact) mass is 583 g/mol. The number of benzene rings is 4. The largest absolute Gasteiger partial charge is 0.325 e. The summed E-state index contributed by atoms with van der Waals surface area (Å²) in [6, 6.07) is 24.9. The summed E-state index contributed by atoms with van der Waals surface area (Å²) in [5.74, 6) is -0.617. The minimum absolute atomic E-state index is 0.0100. The molecule has 1 amide bonds. The normalized spacial score (nSPS) is 11.6. The number of rotatable bonds is 9. The van der Waals surface area contributed by atoms with Crippen molar-refractivity contribution in [1.29, 1.82) is 0 Å². The van der Waals surface area contributed by atoms with Crippen molar-refractivity contribution in [2.24, 2.45) is 0 Å². The van der Waals surface area contributed by atoms with E-state index in [9.17, 15) is 21.6 Å². The van der Waals surface area contributed by atoms with Gasteiger partial charge >= 0.3 is 0 Å². The van der Waals surface area contributed by atoms with Gasteiger partial charge in [-0.2, -0.15) is 0 Å². The molecule has 0 fully saturated rings. The molecular weight excluding hydrogens is 558 g/mol. The van der Waals surface area contributed by atoms with E-state index < -0.39 is 32.5 Å². The molecule has 0 unspecified atom stereocenters. The van der Waals surface area contributed by atoms with Crippen LogP contribution < -0.4 is 14.3 Å². The molecule has 8 nitrogen and oxygen atoms in total. The van der Waals surface area contributed by atoms with Crippen molar-refractivity contribution in [2.75, 3.05) is 20.9 Å². The zero-order valence-electron chi connectivity index (χ0n) is 21.1. The molecule has 4 aromatic rings. The number of sulfonamides is 2. The van der Waals surface area contributed by atoms with E-state index in [1.54, 1.807) is 31.2 Å². The number of nitrogens with zero attached hydrogens (tertiary/aromatic N) is 1. The molecule has 0 atom stereocenters. The third-order valence-corrected chi connectivity index (χ3v) is 9.24. The number of carbonyl (C=O) groups excluding carboxylic acids is 1. The number of anilines is 3. The van der Waals surface area contributed by atoms with Crippen LogP contribution >= 0.6 is 11.6 Å². The van der Waals surface area contributed by atoms with Crippen molar-refractivity contribution in [1.82, 2.24) is 0 Å². The summed E-state index contributed by atoms with van der Waals surface area (Å²) in [4.78, 5) is 13.0. The first-order chi connectivity index (χ1) is 18.5. The number of hydrogen-bond acceptors (Lipinski definition) is 5. The number of hydrogen-bond donors (Lipinski definition) is 2. The van der Waals surface area contributed by atoms with Gasteiger partial charge in [-0.25, -0.2) is 16.8 Å². The predicted octanol–water partition coefficient (Wildman–Crippen LogP) is 5.59. The molecule has 0 spiro atoms. The molecular formula is C28H26ClN3O5S2. The van der Waals surface area contributed by atoms with Crippen molar-refractivity contribution < 1.29 is 21.6 Å². The predicted molar refractivity (Wildman–Crippen MR) is 154 cm³/mol. The number of halogens is 1. The summed E-state index contributed by atoms with van der Waals surface area (Å²) < 4.78 is 56.1. The van der Waals surface area contributed by atoms with Gasteiger partial charge in [-0.15, -0.1) is 0 Å². The minimum Gasteiger partial charge on any atom is -0.325 e. The molecule has 0 aliphatic heterocycles. The van der Waals surface area contributed by atoms with Gasteiger partial charge in [0.2, 0.25) is 5.91 Å². The second-order valence-electron chi connectivity index (χ2n) is 8.80. The topological polar surface area (TPSA) is 113 Å². The van der Waals surface area contributed by atoms with E-state index in [2.05, 4.69) is 10.0 Å². The van der Waals surface area contributed by atoms with Crippen LogP contribution in [0.25, 0.3) is 0 Å². The molecule has 0 aliphatic carbocycles. The summed E-state index contributed by atoms with van der Waals surface area (Å²) in [6.45, 7) is 3.15. The Morgan fingerprint density at radius 2 is 1.44 bits per heavy atom. The van der Waals surface area contributed by atoms with Crippen molar-refractivity contribution in [3.8, 4) is 0 Å². The molecule has 202 valence electrons. The van der Waals surface area contributed by atoms with Gasteiger partial charge in [0.25, 0.3) is 20.0 Å². The lowest BCUT2D eigenvalue weighted by molar-refractivity contribution is -0.114. The number of aryl methyl sites for hydroxylation is 2. The van der Waals surface area contributed by atoms with Crippen LogP contribution in [0.3, 0.4) is 0 Å². The molecule has 0 saturated carbocycles. The first-order valence-corrected chi connectivity index (χ1v) is 15.1. The van der Waals surface area contributed by atoms with Crippen LogP contribution in [-0.4, -0.2) is 29.3 Å². The van der Waals surface area contributed by atoms with Crippen LogP contribution in [0, 0.1) is 13.8 Å². The van der Waals surface area contributed by atoms with Gasteiger partial charge in [-0.1, -0.05) is 41.9 Å². The molecule has 0 bridgehead atoms. The molecule has 0 radical (unpaired) electrons. The zero-order chi connectivity index (χ0) is 28.2. The SMILES string of the molecule is Cc1ccc(C)c(NS(=O)(=O)c2ccc(NC(=O)CN(c3ccc(Cl)cc3)S(=O)(=O)c3ccccc3)cc2)c1. The summed E-state index contributed by atoms with van der Waals surface area (Å²) in [5, 5.41) is 3.05. The lowest BCUT2D eigenvalue weighted by Gasteiger charge is -2.24. The highest BCUT2D eigenvalue weighted by molar-refractivity contribution is 7.93. The molecule has 11 heteroatoms. The highest BCUT2D eigenvalue weighted by atomic mass is 35.5. The van der Waals surface area contributed by atoms with E-state index in [1.165, 1.54) is 60.7 Å². The fourth-order valence-electron chi connectivity index (χ4n) is 3.74. The van der Waals surface area contributed by atoms with E-state index in [0.717, 1.165) is 15.4 Å². The highest BCUT2D eigenvalue weighted by Gasteiger charge is 2.27. The lowest BCUT2D eigenvalue weighted by Crippen LogP contribution is -2.38. The minimum atomic E-state index is -4.07. The van der Waals surface area contributed by atoms with Crippen LogP contribution in [0.5, 0.6) is 0 Å². The first-order valence-electron chi connectivity index (χ1n) is 11.8. The second-order valence-corrected chi connectivity index (χ2v) is 12.8. The molecule has 2 N–H and O–H groups in total. The van der Waals surface area contributed by atoms with Gasteiger partial charge in [0, 0.05) is 10.7 Å². The average molecular weight is 584 g/mol. The Kier molecular flexibility index (Phi) is 8.29. The number of amides is 1. The molecule has 0 saturated heterocycles. The molecule has 0 aliphatic rings. The lowest BCUT2D eigenvalue weighted by atomic mass is 10.1. The maximum Gasteiger partial charge on any atom is 0.264 e. The zero-order valence-corrected chi connectivity index (χ0v) is 23.5. The number of carbonyl (C=O) groups is 1. The van der Waals surface area contributed by atoms with Gasteiger partial charge < -0.3 is 5.32 Å². The van der Waals surface area contributed by atoms with Crippen LogP contribution in [0.4, 0.5) is 17.1 Å². The summed E-state index contributed by atoms with van der Waals surface area (Å²) in [5.41, 5.74) is 2.74. The Morgan fingerprint density at radius 3 is 2.08 bits per heavy atom. The van der Waals surface area contributed by atoms with E-state index in [4.69, 9.17) is 11.6 Å². The van der Waals surface area contributed by atoms with Gasteiger partial charge in [0.05, 0.1) is 21.2 Å². The van der Waals surface area contributed by atoms with E-state index in [1.807, 2.05) is 19.1 Å². The maximum atomic E-state index is 13.4. The summed E-state index contributed by atoms with van der Waals surface area (Å²) in [6.07, 6.45) is 0. The van der Waals surface area contributed by atoms with Crippen LogP contribution in [-0.2, 0) is 24.8 Å². The van der Waals surface area contributed by atoms with Crippen molar-refractivity contribution in [3.05, 3.63) is 113 Å². The molecule has 4 rings (SSSR count). The molecule has 0 heterocycles. The molecule has 4 aromatic carbocycles. The highest BCUT2D eigenvalue weighted by Crippen LogP contribution is 2.26. The Morgan fingerprint density at radius 1 is 0.795 bits per heavy atom. The van der Waals surface area contributed by atoms with Crippen LogP contribution in [0.2, 0.25) is 5.02 Å². The van der Waals surface area contributed by atoms with Crippen LogP contribution in [0.1, 0.15) is 11.1 Å². The smallest absolute Gasteiger partial charge is 0.264 e. The van der Waals surface area contributed by atoms with E-state index in [0.29, 0.717) is 16.4 Å². The maximum absolute atomic E-state index is 13.4. The summed E-state index contributed by atoms with van der Waals surface area (Å²) >= 11 is 5.97. The quantitative estimate of drug-likeness (QED) is 0.267. The van der Waals surface area contributed by atoms with Crippen molar-refractivity contribution >= 4 is 54.6 Å². The molecule has 39 heavy (non-hydrogen) atoms. The Balaban J connectivity index is 1.52. The Labute approximate surface area is 233 Å². The van der Waals surface area contributed by atoms with E-state index >= 15 is 0 Å². The van der Waals surface area contributed by atoms with Crippen molar-refractivity contribution in [3.63, 3.8) is 0 Å². The Hall–Kier alpha value is -3.86. The third-order valence-electron chi connectivity index (χ3n) is 5.82. The third kappa shape index (κ3) is 6.78. The second kappa shape index (κ2) is 11.5. The fraction of sp³-hybridized carbons (Fsp3) is 0.107. The Bertz CT molecular complexity index is 1690. The van der Waals surface area contributed by atoms with Gasteiger partial charge in [0.15, 0.2) is 0 Å².